The van der Waals surface area contributed by atoms with E-state index < -0.39 is 18.4 Å². The monoisotopic (exact) mass is 407 g/mol. The maximum Gasteiger partial charge on any atom is 0.252 e. The smallest absolute Gasteiger partial charge is 0.252 e. The molecule has 8 heteroatoms. The number of carbonyl (C=O) groups excluding carboxylic acids is 2. The average Bonchev–Trinajstić information content (AvgIpc) is 3.50. The molecule has 1 atom stereocenters. The molecule has 0 spiro atoms. The molecule has 8 nitrogen and oxygen atoms in total. The van der Waals surface area contributed by atoms with E-state index in [1.165, 1.54) is 19.0 Å². The van der Waals surface area contributed by atoms with Gasteiger partial charge in [-0.3, -0.25) is 9.59 Å². The number of amides is 2. The summed E-state index contributed by atoms with van der Waals surface area (Å²) in [6, 6.07) is 9.99. The number of aliphatic hydroxyl groups is 1. The fraction of sp³-hybridized carbons (Fsp3) is 0.318. The Morgan fingerprint density at radius 1 is 1.30 bits per heavy atom. The highest BCUT2D eigenvalue weighted by atomic mass is 16.3. The normalized spacial score (nSPS) is 14.5. The van der Waals surface area contributed by atoms with Gasteiger partial charge in [-0.05, 0) is 48.9 Å². The molecular weight excluding hydrogens is 382 g/mol. The number of nitrogens with zero attached hydrogens (tertiary/aromatic N) is 2. The van der Waals surface area contributed by atoms with Crippen LogP contribution in [0.3, 0.4) is 0 Å². The standard InChI is InChI=1S/C22H25N5O3/c1-13(15-5-6-15)26-21-18(22(23)30)10-25-27-11-17(8-19(21)27)16-4-2-3-14(7-16)9-24-20(29)12-28/h2-4,7-8,10-11,13,15,26,28H,5-6,9,12H2,1H3,(H2,23,30)(H,24,29). The van der Waals surface area contributed by atoms with Crippen LogP contribution in [0.5, 0.6) is 0 Å². The zero-order valence-electron chi connectivity index (χ0n) is 16.8. The second kappa shape index (κ2) is 8.16. The lowest BCUT2D eigenvalue weighted by molar-refractivity contribution is -0.123. The van der Waals surface area contributed by atoms with Crippen molar-refractivity contribution in [1.29, 1.82) is 0 Å². The first-order valence-electron chi connectivity index (χ1n) is 10.0. The van der Waals surface area contributed by atoms with Crippen molar-refractivity contribution >= 4 is 23.0 Å². The predicted molar refractivity (Wildman–Crippen MR) is 114 cm³/mol. The van der Waals surface area contributed by atoms with E-state index in [-0.39, 0.29) is 6.04 Å². The number of carbonyl (C=O) groups is 2. The van der Waals surface area contributed by atoms with Crippen molar-refractivity contribution in [2.45, 2.75) is 32.4 Å². The third-order valence-corrected chi connectivity index (χ3v) is 5.50. The van der Waals surface area contributed by atoms with Gasteiger partial charge < -0.3 is 21.5 Å². The Morgan fingerprint density at radius 2 is 2.10 bits per heavy atom. The molecule has 1 aliphatic carbocycles. The van der Waals surface area contributed by atoms with Crippen molar-refractivity contribution in [3.8, 4) is 11.1 Å². The molecule has 0 radical (unpaired) electrons. The van der Waals surface area contributed by atoms with E-state index in [1.54, 1.807) is 4.52 Å². The van der Waals surface area contributed by atoms with E-state index in [9.17, 15) is 9.59 Å². The zero-order chi connectivity index (χ0) is 21.3. The Labute approximate surface area is 174 Å². The van der Waals surface area contributed by atoms with E-state index in [1.807, 2.05) is 36.5 Å². The number of nitrogens with two attached hydrogens (primary N) is 1. The van der Waals surface area contributed by atoms with Gasteiger partial charge in [0.2, 0.25) is 5.91 Å². The fourth-order valence-corrected chi connectivity index (χ4v) is 3.61. The highest BCUT2D eigenvalue weighted by molar-refractivity contribution is 6.02. The highest BCUT2D eigenvalue weighted by Crippen LogP contribution is 2.36. The summed E-state index contributed by atoms with van der Waals surface area (Å²) in [7, 11) is 0. The number of anilines is 1. The second-order valence-electron chi connectivity index (χ2n) is 7.76. The number of aromatic nitrogens is 2. The number of nitrogens with one attached hydrogen (secondary N) is 2. The van der Waals surface area contributed by atoms with Crippen LogP contribution >= 0.6 is 0 Å². The lowest BCUT2D eigenvalue weighted by Gasteiger charge is -2.17. The van der Waals surface area contributed by atoms with Gasteiger partial charge in [0.15, 0.2) is 0 Å². The second-order valence-corrected chi connectivity index (χ2v) is 7.76. The van der Waals surface area contributed by atoms with Crippen LogP contribution in [0.15, 0.2) is 42.7 Å². The van der Waals surface area contributed by atoms with Crippen LogP contribution in [0.1, 0.15) is 35.7 Å². The molecule has 1 unspecified atom stereocenters. The van der Waals surface area contributed by atoms with Crippen molar-refractivity contribution in [1.82, 2.24) is 14.9 Å². The summed E-state index contributed by atoms with van der Waals surface area (Å²) < 4.78 is 1.74. The first-order valence-corrected chi connectivity index (χ1v) is 10.0. The number of primary amides is 1. The molecule has 2 heterocycles. The number of hydrogen-bond acceptors (Lipinski definition) is 5. The molecule has 2 aromatic heterocycles. The number of benzene rings is 1. The summed E-state index contributed by atoms with van der Waals surface area (Å²) in [5.41, 5.74) is 10.3. The minimum absolute atomic E-state index is 0.242. The molecule has 0 bridgehead atoms. The number of aliphatic hydroxyl groups excluding tert-OH is 1. The van der Waals surface area contributed by atoms with E-state index in [0.717, 1.165) is 22.2 Å². The van der Waals surface area contributed by atoms with E-state index in [0.29, 0.717) is 23.7 Å². The lowest BCUT2D eigenvalue weighted by Crippen LogP contribution is -2.25. The zero-order valence-corrected chi connectivity index (χ0v) is 16.8. The molecule has 3 aromatic rings. The van der Waals surface area contributed by atoms with Gasteiger partial charge in [0.1, 0.15) is 6.61 Å². The Kier molecular flexibility index (Phi) is 5.41. The van der Waals surface area contributed by atoms with Crippen molar-refractivity contribution in [2.24, 2.45) is 11.7 Å². The topological polar surface area (TPSA) is 122 Å². The number of rotatable bonds is 8. The third kappa shape index (κ3) is 4.13. The molecular formula is C22H25N5O3. The van der Waals surface area contributed by atoms with Crippen LogP contribution in [0.25, 0.3) is 16.6 Å². The van der Waals surface area contributed by atoms with Gasteiger partial charge in [0, 0.05) is 24.3 Å². The van der Waals surface area contributed by atoms with Crippen LogP contribution in [0, 0.1) is 5.92 Å². The van der Waals surface area contributed by atoms with Crippen molar-refractivity contribution in [3.05, 3.63) is 53.9 Å². The molecule has 2 amide bonds. The maximum atomic E-state index is 12.0. The molecule has 1 aliphatic rings. The van der Waals surface area contributed by atoms with Gasteiger partial charge in [-0.15, -0.1) is 0 Å². The van der Waals surface area contributed by atoms with Gasteiger partial charge in [0.05, 0.1) is 23.0 Å². The van der Waals surface area contributed by atoms with Crippen molar-refractivity contribution in [2.75, 3.05) is 11.9 Å². The van der Waals surface area contributed by atoms with Crippen molar-refractivity contribution in [3.63, 3.8) is 0 Å². The summed E-state index contributed by atoms with van der Waals surface area (Å²) >= 11 is 0. The molecule has 1 saturated carbocycles. The van der Waals surface area contributed by atoms with E-state index in [4.69, 9.17) is 10.8 Å². The summed E-state index contributed by atoms with van der Waals surface area (Å²) in [5, 5.41) is 19.3. The van der Waals surface area contributed by atoms with Crippen LogP contribution < -0.4 is 16.4 Å². The summed E-state index contributed by atoms with van der Waals surface area (Å²) in [6.45, 7) is 1.91. The van der Waals surface area contributed by atoms with Crippen molar-refractivity contribution < 1.29 is 14.7 Å². The molecule has 1 fully saturated rings. The van der Waals surface area contributed by atoms with Crippen LogP contribution in [-0.2, 0) is 11.3 Å². The molecule has 1 aromatic carbocycles. The lowest BCUT2D eigenvalue weighted by atomic mass is 10.1. The molecule has 30 heavy (non-hydrogen) atoms. The predicted octanol–water partition coefficient (Wildman–Crippen LogP) is 1.92. The Balaban J connectivity index is 1.69. The van der Waals surface area contributed by atoms with Gasteiger partial charge in [-0.1, -0.05) is 18.2 Å². The summed E-state index contributed by atoms with van der Waals surface area (Å²) in [6.07, 6.45) is 5.78. The highest BCUT2D eigenvalue weighted by Gasteiger charge is 2.29. The third-order valence-electron chi connectivity index (χ3n) is 5.50. The van der Waals surface area contributed by atoms with Gasteiger partial charge in [0.25, 0.3) is 5.91 Å². The average molecular weight is 407 g/mol. The minimum atomic E-state index is -0.534. The van der Waals surface area contributed by atoms with Crippen LogP contribution in [0.2, 0.25) is 0 Å². The Bertz CT molecular complexity index is 1100. The van der Waals surface area contributed by atoms with Gasteiger partial charge in [-0.2, -0.15) is 5.10 Å². The molecule has 156 valence electrons. The van der Waals surface area contributed by atoms with Gasteiger partial charge in [-0.25, -0.2) is 4.52 Å². The van der Waals surface area contributed by atoms with Crippen LogP contribution in [0.4, 0.5) is 5.69 Å². The first kappa shape index (κ1) is 19.9. The first-order chi connectivity index (χ1) is 14.5. The van der Waals surface area contributed by atoms with Gasteiger partial charge >= 0.3 is 0 Å². The molecule has 4 rings (SSSR count). The maximum absolute atomic E-state index is 12.0. The Hall–Kier alpha value is -3.39. The van der Waals surface area contributed by atoms with E-state index in [2.05, 4.69) is 22.7 Å². The quantitative estimate of drug-likeness (QED) is 0.454. The Morgan fingerprint density at radius 3 is 2.80 bits per heavy atom. The summed E-state index contributed by atoms with van der Waals surface area (Å²) in [4.78, 5) is 23.3. The van der Waals surface area contributed by atoms with Crippen LogP contribution in [-0.4, -0.2) is 39.2 Å². The molecule has 5 N–H and O–H groups in total. The fourth-order valence-electron chi connectivity index (χ4n) is 3.61. The summed E-state index contributed by atoms with van der Waals surface area (Å²) in [5.74, 6) is -0.322. The molecule has 0 saturated heterocycles. The number of fused-ring (bicyclic) bond motifs is 1. The largest absolute Gasteiger partial charge is 0.387 e. The van der Waals surface area contributed by atoms with E-state index >= 15 is 0 Å². The number of hydrogen-bond donors (Lipinski definition) is 4. The molecule has 0 aliphatic heterocycles. The SMILES string of the molecule is CC(Nc1c(C(N)=O)cnn2cc(-c3cccc(CNC(=O)CO)c3)cc12)C1CC1. The minimum Gasteiger partial charge on any atom is -0.387 e.